The Morgan fingerprint density at radius 2 is 1.40 bits per heavy atom. The van der Waals surface area contributed by atoms with E-state index in [-0.39, 0.29) is 12.0 Å². The maximum Gasteiger partial charge on any atom is 0.135 e. The molecule has 1 aliphatic heterocycles. The van der Waals surface area contributed by atoms with Gasteiger partial charge in [0.1, 0.15) is 11.2 Å². The summed E-state index contributed by atoms with van der Waals surface area (Å²) in [5.74, 6) is 0.255. The van der Waals surface area contributed by atoms with E-state index in [1.165, 1.54) is 38.7 Å². The zero-order valence-electron chi connectivity index (χ0n) is 24.3. The molecule has 3 heteroatoms. The molecule has 0 amide bonds. The van der Waals surface area contributed by atoms with E-state index in [1.807, 2.05) is 24.3 Å². The summed E-state index contributed by atoms with van der Waals surface area (Å²) in [4.78, 5) is 2.52. The highest BCUT2D eigenvalue weighted by molar-refractivity contribution is 6.12. The first-order valence-electron chi connectivity index (χ1n) is 15.4. The molecule has 1 aliphatic carbocycles. The lowest BCUT2D eigenvalue weighted by Gasteiger charge is -2.28. The molecule has 2 aliphatic rings. The van der Waals surface area contributed by atoms with Crippen LogP contribution in [-0.2, 0) is 0 Å². The van der Waals surface area contributed by atoms with Gasteiger partial charge in [-0.2, -0.15) is 0 Å². The average molecular weight is 575 g/mol. The lowest BCUT2D eigenvalue weighted by atomic mass is 9.91. The van der Waals surface area contributed by atoms with Crippen molar-refractivity contribution in [1.82, 2.24) is 4.57 Å². The van der Waals surface area contributed by atoms with Gasteiger partial charge in [-0.1, -0.05) is 91.0 Å². The van der Waals surface area contributed by atoms with Gasteiger partial charge >= 0.3 is 0 Å². The van der Waals surface area contributed by atoms with Crippen LogP contribution in [-0.4, -0.2) is 10.6 Å². The number of benzene rings is 5. The number of aromatic nitrogens is 1. The smallest absolute Gasteiger partial charge is 0.135 e. The molecule has 0 spiro atoms. The number of anilines is 2. The molecule has 10 rings (SSSR count). The highest BCUT2D eigenvalue weighted by atomic mass is 16.3. The molecule has 8 aromatic rings. The molecule has 0 saturated heterocycles. The SMILES string of the molecule is c1cccc(-c2ccc(-n3c4ccccc4c4cc5c(cc43)C3C=CC=CC3N5c3ccc4oc5ccccc5c4c3)cc2)c#1. The third kappa shape index (κ3) is 3.54. The number of fused-ring (bicyclic) bond motifs is 9. The molecule has 0 fully saturated rings. The van der Waals surface area contributed by atoms with Crippen molar-refractivity contribution in [3.63, 3.8) is 0 Å². The van der Waals surface area contributed by atoms with Crippen LogP contribution in [0.4, 0.5) is 11.4 Å². The van der Waals surface area contributed by atoms with E-state index < -0.39 is 0 Å². The van der Waals surface area contributed by atoms with Crippen LogP contribution in [0.5, 0.6) is 0 Å². The second-order valence-electron chi connectivity index (χ2n) is 12.0. The van der Waals surface area contributed by atoms with Crippen LogP contribution in [0, 0.1) is 12.1 Å². The van der Waals surface area contributed by atoms with Crippen LogP contribution in [0.15, 0.2) is 150 Å². The Hall–Kier alpha value is -5.98. The first kappa shape index (κ1) is 24.5. The van der Waals surface area contributed by atoms with Gasteiger partial charge in [0.2, 0.25) is 0 Å². The highest BCUT2D eigenvalue weighted by Crippen LogP contribution is 2.51. The van der Waals surface area contributed by atoms with Crippen LogP contribution in [0.2, 0.25) is 0 Å². The van der Waals surface area contributed by atoms with Crippen molar-refractivity contribution in [1.29, 1.82) is 0 Å². The van der Waals surface area contributed by atoms with Gasteiger partial charge in [0.15, 0.2) is 0 Å². The predicted molar refractivity (Wildman–Crippen MR) is 185 cm³/mol. The van der Waals surface area contributed by atoms with Crippen LogP contribution in [0.1, 0.15) is 11.5 Å². The second kappa shape index (κ2) is 9.26. The van der Waals surface area contributed by atoms with Crippen molar-refractivity contribution in [2.24, 2.45) is 0 Å². The number of nitrogens with zero attached hydrogens (tertiary/aromatic N) is 2. The van der Waals surface area contributed by atoms with Crippen molar-refractivity contribution in [3.05, 3.63) is 163 Å². The van der Waals surface area contributed by atoms with E-state index in [0.717, 1.165) is 38.8 Å². The predicted octanol–water partition coefficient (Wildman–Crippen LogP) is 10.7. The van der Waals surface area contributed by atoms with Gasteiger partial charge in [-0.25, -0.2) is 0 Å². The summed E-state index contributed by atoms with van der Waals surface area (Å²) in [6.45, 7) is 0. The fourth-order valence-electron chi connectivity index (χ4n) is 7.55. The summed E-state index contributed by atoms with van der Waals surface area (Å²) < 4.78 is 8.60. The van der Waals surface area contributed by atoms with E-state index in [2.05, 4.69) is 143 Å². The zero-order chi connectivity index (χ0) is 29.5. The van der Waals surface area contributed by atoms with E-state index >= 15 is 0 Å². The average Bonchev–Trinajstić information content (AvgIpc) is 3.75. The van der Waals surface area contributed by atoms with Gasteiger partial charge in [-0.05, 0) is 77.9 Å². The van der Waals surface area contributed by atoms with Gasteiger partial charge in [-0.3, -0.25) is 0 Å². The minimum atomic E-state index is 0.199. The Morgan fingerprint density at radius 3 is 2.29 bits per heavy atom. The second-order valence-corrected chi connectivity index (χ2v) is 12.0. The third-order valence-corrected chi connectivity index (χ3v) is 9.57. The molecular weight excluding hydrogens is 548 g/mol. The molecule has 6 aromatic carbocycles. The Balaban J connectivity index is 1.18. The van der Waals surface area contributed by atoms with Crippen molar-refractivity contribution >= 4 is 55.1 Å². The lowest BCUT2D eigenvalue weighted by Crippen LogP contribution is -2.28. The molecule has 0 N–H and O–H groups in total. The Morgan fingerprint density at radius 1 is 0.600 bits per heavy atom. The minimum absolute atomic E-state index is 0.199. The van der Waals surface area contributed by atoms with Crippen LogP contribution >= 0.6 is 0 Å². The normalized spacial score (nSPS) is 16.9. The molecule has 2 atom stereocenters. The first-order valence-corrected chi connectivity index (χ1v) is 15.4. The fourth-order valence-corrected chi connectivity index (χ4v) is 7.55. The third-order valence-electron chi connectivity index (χ3n) is 9.57. The fraction of sp³-hybridized carbons (Fsp3) is 0.0476. The minimum Gasteiger partial charge on any atom is -0.456 e. The number of allylic oxidation sites excluding steroid dienone is 2. The quantitative estimate of drug-likeness (QED) is 0.209. The number of para-hydroxylation sites is 2. The highest BCUT2D eigenvalue weighted by Gasteiger charge is 2.38. The molecule has 2 unspecified atom stereocenters. The van der Waals surface area contributed by atoms with E-state index in [0.29, 0.717) is 0 Å². The molecule has 45 heavy (non-hydrogen) atoms. The molecule has 2 aromatic heterocycles. The van der Waals surface area contributed by atoms with Crippen LogP contribution in [0.25, 0.3) is 60.6 Å². The maximum atomic E-state index is 6.18. The lowest BCUT2D eigenvalue weighted by molar-refractivity contribution is 0.669. The van der Waals surface area contributed by atoms with E-state index in [4.69, 9.17) is 4.42 Å². The summed E-state index contributed by atoms with van der Waals surface area (Å²) in [5.41, 5.74) is 11.4. The largest absolute Gasteiger partial charge is 0.456 e. The standard InChI is InChI=1S/C42H26N2O/c1-2-10-27(11-3-1)28-18-20-29(21-19-28)43-37-15-7-4-12-31(37)34-26-40-35(25-39(34)43)32-13-5-8-16-38(32)44(40)30-22-23-42-36(24-30)33-14-6-9-17-41(33)45-42/h1-2,4-10,12-26,32,38H. The van der Waals surface area contributed by atoms with Crippen molar-refractivity contribution in [3.8, 4) is 16.8 Å². The van der Waals surface area contributed by atoms with Crippen LogP contribution in [0.3, 0.4) is 0 Å². The molecule has 210 valence electrons. The summed E-state index contributed by atoms with van der Waals surface area (Å²) >= 11 is 0. The monoisotopic (exact) mass is 574 g/mol. The Bertz CT molecular complexity index is 2500. The Kier molecular flexibility index (Phi) is 5.03. The number of hydrogen-bond donors (Lipinski definition) is 0. The first-order chi connectivity index (χ1) is 22.3. The zero-order valence-corrected chi connectivity index (χ0v) is 24.3. The van der Waals surface area contributed by atoms with Gasteiger partial charge in [-0.15, -0.1) is 0 Å². The van der Waals surface area contributed by atoms with Crippen LogP contribution < -0.4 is 4.90 Å². The number of furan rings is 1. The molecule has 0 saturated carbocycles. The molecular formula is C42H26N2O. The summed E-state index contributed by atoms with van der Waals surface area (Å²) in [5, 5.41) is 4.81. The summed E-state index contributed by atoms with van der Waals surface area (Å²) in [6, 6.07) is 49.9. The van der Waals surface area contributed by atoms with Crippen molar-refractivity contribution in [2.45, 2.75) is 12.0 Å². The summed E-state index contributed by atoms with van der Waals surface area (Å²) in [6.07, 6.45) is 9.08. The topological polar surface area (TPSA) is 21.3 Å². The van der Waals surface area contributed by atoms with Gasteiger partial charge in [0.25, 0.3) is 0 Å². The van der Waals surface area contributed by atoms with Crippen molar-refractivity contribution < 1.29 is 4.42 Å². The van der Waals surface area contributed by atoms with Gasteiger partial charge in [0.05, 0.1) is 17.1 Å². The maximum absolute atomic E-state index is 6.18. The van der Waals surface area contributed by atoms with E-state index in [9.17, 15) is 0 Å². The molecule has 3 nitrogen and oxygen atoms in total. The van der Waals surface area contributed by atoms with E-state index in [1.54, 1.807) is 0 Å². The van der Waals surface area contributed by atoms with Gasteiger partial charge in [0, 0.05) is 50.1 Å². The molecule has 3 heterocycles. The molecule has 0 bridgehead atoms. The number of rotatable bonds is 3. The summed E-state index contributed by atoms with van der Waals surface area (Å²) in [7, 11) is 0. The Labute approximate surface area is 260 Å². The van der Waals surface area contributed by atoms with Crippen molar-refractivity contribution in [2.75, 3.05) is 4.90 Å². The number of hydrogen-bond acceptors (Lipinski definition) is 2. The molecule has 0 radical (unpaired) electrons. The van der Waals surface area contributed by atoms with Gasteiger partial charge < -0.3 is 13.9 Å².